The van der Waals surface area contributed by atoms with E-state index in [1.807, 2.05) is 30.3 Å². The summed E-state index contributed by atoms with van der Waals surface area (Å²) < 4.78 is 16.4. The molecule has 0 fully saturated rings. The molecule has 0 spiro atoms. The molecule has 1 aromatic heterocycles. The van der Waals surface area contributed by atoms with Gasteiger partial charge in [0.1, 0.15) is 17.0 Å². The lowest BCUT2D eigenvalue weighted by Gasteiger charge is -1.98. The van der Waals surface area contributed by atoms with Gasteiger partial charge in [0.25, 0.3) is 0 Å². The summed E-state index contributed by atoms with van der Waals surface area (Å²) in [6, 6.07) is 12.9. The van der Waals surface area contributed by atoms with Gasteiger partial charge in [0.15, 0.2) is 0 Å². The van der Waals surface area contributed by atoms with Crippen LogP contribution in [0.5, 0.6) is 0 Å². The van der Waals surface area contributed by atoms with Crippen molar-refractivity contribution in [1.29, 1.82) is 0 Å². The molecule has 0 N–H and O–H groups in total. The maximum atomic E-state index is 13.8. The molecular formula is C14H10BrFN2. The number of para-hydroxylation sites is 1. The topological polar surface area (TPSA) is 17.8 Å². The van der Waals surface area contributed by atoms with E-state index in [1.54, 1.807) is 17.8 Å². The van der Waals surface area contributed by atoms with E-state index in [9.17, 15) is 4.39 Å². The Kier molecular flexibility index (Phi) is 2.67. The van der Waals surface area contributed by atoms with E-state index in [-0.39, 0.29) is 5.82 Å². The molecule has 0 amide bonds. The molecule has 2 aromatic carbocycles. The Morgan fingerprint density at radius 2 is 1.83 bits per heavy atom. The highest BCUT2D eigenvalue weighted by Crippen LogP contribution is 2.29. The van der Waals surface area contributed by atoms with Crippen molar-refractivity contribution in [3.63, 3.8) is 0 Å². The average molecular weight is 305 g/mol. The summed E-state index contributed by atoms with van der Waals surface area (Å²) in [4.78, 5) is 0. The van der Waals surface area contributed by atoms with Crippen LogP contribution in [-0.4, -0.2) is 9.78 Å². The summed E-state index contributed by atoms with van der Waals surface area (Å²) in [6.07, 6.45) is 0. The number of aromatic nitrogens is 2. The minimum atomic E-state index is -0.245. The van der Waals surface area contributed by atoms with Crippen molar-refractivity contribution < 1.29 is 4.39 Å². The first-order valence-electron chi connectivity index (χ1n) is 5.54. The highest BCUT2D eigenvalue weighted by Gasteiger charge is 2.13. The third-order valence-electron chi connectivity index (χ3n) is 2.93. The first-order valence-corrected chi connectivity index (χ1v) is 6.33. The van der Waals surface area contributed by atoms with Gasteiger partial charge in [-0.1, -0.05) is 40.2 Å². The van der Waals surface area contributed by atoms with E-state index in [0.717, 1.165) is 21.1 Å². The highest BCUT2D eigenvalue weighted by molar-refractivity contribution is 9.10. The highest BCUT2D eigenvalue weighted by atomic mass is 79.9. The number of hydrogen-bond acceptors (Lipinski definition) is 1. The van der Waals surface area contributed by atoms with E-state index in [4.69, 9.17) is 0 Å². The van der Waals surface area contributed by atoms with E-state index < -0.39 is 0 Å². The number of benzene rings is 2. The fourth-order valence-corrected chi connectivity index (χ4v) is 2.37. The van der Waals surface area contributed by atoms with Crippen molar-refractivity contribution >= 4 is 26.8 Å². The molecule has 2 nitrogen and oxygen atoms in total. The predicted octanol–water partition coefficient (Wildman–Crippen LogP) is 4.14. The van der Waals surface area contributed by atoms with Crippen LogP contribution in [0, 0.1) is 5.82 Å². The second-order valence-corrected chi connectivity index (χ2v) is 5.03. The lowest BCUT2D eigenvalue weighted by atomic mass is 10.1. The van der Waals surface area contributed by atoms with Crippen LogP contribution in [0.25, 0.3) is 22.2 Å². The van der Waals surface area contributed by atoms with Crippen LogP contribution < -0.4 is 0 Å². The normalized spacial score (nSPS) is 11.1. The zero-order valence-electron chi connectivity index (χ0n) is 9.69. The fourth-order valence-electron chi connectivity index (χ4n) is 2.11. The van der Waals surface area contributed by atoms with E-state index in [1.165, 1.54) is 6.07 Å². The van der Waals surface area contributed by atoms with Crippen molar-refractivity contribution in [2.75, 3.05) is 0 Å². The second-order valence-electron chi connectivity index (χ2n) is 4.12. The monoisotopic (exact) mass is 304 g/mol. The van der Waals surface area contributed by atoms with E-state index in [2.05, 4.69) is 21.0 Å². The molecule has 0 aliphatic carbocycles. The van der Waals surface area contributed by atoms with Gasteiger partial charge >= 0.3 is 0 Å². The van der Waals surface area contributed by atoms with E-state index in [0.29, 0.717) is 5.52 Å². The van der Waals surface area contributed by atoms with E-state index >= 15 is 0 Å². The third-order valence-corrected chi connectivity index (χ3v) is 3.46. The molecule has 0 bridgehead atoms. The molecule has 18 heavy (non-hydrogen) atoms. The SMILES string of the molecule is Cn1nc(-c2ccc(Br)cc2)c2cccc(F)c21. The number of rotatable bonds is 1. The number of halogens is 2. The van der Waals surface area contributed by atoms with Crippen LogP contribution in [0.1, 0.15) is 0 Å². The Hall–Kier alpha value is -1.68. The summed E-state index contributed by atoms with van der Waals surface area (Å²) >= 11 is 3.40. The summed E-state index contributed by atoms with van der Waals surface area (Å²) in [5, 5.41) is 5.25. The van der Waals surface area contributed by atoms with Gasteiger partial charge < -0.3 is 0 Å². The van der Waals surface area contributed by atoms with Gasteiger partial charge in [-0.25, -0.2) is 4.39 Å². The fraction of sp³-hybridized carbons (Fsp3) is 0.0714. The number of nitrogens with zero attached hydrogens (tertiary/aromatic N) is 2. The lowest BCUT2D eigenvalue weighted by molar-refractivity contribution is 0.626. The maximum Gasteiger partial charge on any atom is 0.149 e. The summed E-state index contributed by atoms with van der Waals surface area (Å²) in [5.74, 6) is -0.245. The predicted molar refractivity (Wildman–Crippen MR) is 73.8 cm³/mol. The number of fused-ring (bicyclic) bond motifs is 1. The molecule has 3 rings (SSSR count). The summed E-state index contributed by atoms with van der Waals surface area (Å²) in [7, 11) is 1.76. The van der Waals surface area contributed by atoms with Crippen molar-refractivity contribution in [2.24, 2.45) is 7.05 Å². The quantitative estimate of drug-likeness (QED) is 0.660. The number of aryl methyl sites for hydroxylation is 1. The van der Waals surface area contributed by atoms with Crippen molar-refractivity contribution in [2.45, 2.75) is 0 Å². The first kappa shape index (κ1) is 11.4. The molecule has 0 atom stereocenters. The van der Waals surface area contributed by atoms with Gasteiger partial charge in [-0.15, -0.1) is 0 Å². The first-order chi connectivity index (χ1) is 8.66. The minimum absolute atomic E-state index is 0.245. The Morgan fingerprint density at radius 3 is 2.56 bits per heavy atom. The maximum absolute atomic E-state index is 13.8. The van der Waals surface area contributed by atoms with Crippen LogP contribution >= 0.6 is 15.9 Å². The summed E-state index contributed by atoms with van der Waals surface area (Å²) in [6.45, 7) is 0. The molecule has 0 saturated heterocycles. The van der Waals surface area contributed by atoms with Crippen molar-refractivity contribution in [3.05, 3.63) is 52.8 Å². The second kappa shape index (κ2) is 4.21. The van der Waals surface area contributed by atoms with Crippen LogP contribution in [0.3, 0.4) is 0 Å². The lowest BCUT2D eigenvalue weighted by Crippen LogP contribution is -1.91. The van der Waals surface area contributed by atoms with Crippen LogP contribution in [0.15, 0.2) is 46.9 Å². The largest absolute Gasteiger partial charge is 0.264 e. The third kappa shape index (κ3) is 1.73. The molecule has 0 radical (unpaired) electrons. The van der Waals surface area contributed by atoms with Gasteiger partial charge in [0.2, 0.25) is 0 Å². The zero-order chi connectivity index (χ0) is 12.7. The van der Waals surface area contributed by atoms with Gasteiger partial charge in [-0.3, -0.25) is 4.68 Å². The molecular weight excluding hydrogens is 295 g/mol. The Morgan fingerprint density at radius 1 is 1.11 bits per heavy atom. The van der Waals surface area contributed by atoms with Gasteiger partial charge in [-0.05, 0) is 18.2 Å². The molecule has 3 aromatic rings. The molecule has 0 aliphatic rings. The van der Waals surface area contributed by atoms with Gasteiger partial charge in [-0.2, -0.15) is 5.10 Å². The smallest absolute Gasteiger partial charge is 0.149 e. The zero-order valence-corrected chi connectivity index (χ0v) is 11.3. The van der Waals surface area contributed by atoms with Crippen LogP contribution in [-0.2, 0) is 7.05 Å². The molecule has 0 aliphatic heterocycles. The Balaban J connectivity index is 2.30. The average Bonchev–Trinajstić information content (AvgIpc) is 2.69. The standard InChI is InChI=1S/C14H10BrFN2/c1-18-14-11(3-2-4-12(14)16)13(17-18)9-5-7-10(15)8-6-9/h2-8H,1H3. The summed E-state index contributed by atoms with van der Waals surface area (Å²) in [5.41, 5.74) is 2.32. The molecule has 90 valence electrons. The molecule has 0 saturated carbocycles. The van der Waals surface area contributed by atoms with Gasteiger partial charge in [0, 0.05) is 22.5 Å². The Labute approximate surface area is 112 Å². The van der Waals surface area contributed by atoms with Crippen molar-refractivity contribution in [1.82, 2.24) is 9.78 Å². The number of hydrogen-bond donors (Lipinski definition) is 0. The Bertz CT molecular complexity index is 716. The minimum Gasteiger partial charge on any atom is -0.264 e. The van der Waals surface area contributed by atoms with Gasteiger partial charge in [0.05, 0.1) is 0 Å². The molecule has 0 unspecified atom stereocenters. The van der Waals surface area contributed by atoms with Crippen LogP contribution in [0.2, 0.25) is 0 Å². The van der Waals surface area contributed by atoms with Crippen LogP contribution in [0.4, 0.5) is 4.39 Å². The molecule has 1 heterocycles. The molecule has 4 heteroatoms. The van der Waals surface area contributed by atoms with Crippen molar-refractivity contribution in [3.8, 4) is 11.3 Å².